The molecule has 0 saturated carbocycles. The fourth-order valence-electron chi connectivity index (χ4n) is 4.83. The zero-order valence-corrected chi connectivity index (χ0v) is 20.8. The van der Waals surface area contributed by atoms with Gasteiger partial charge >= 0.3 is 0 Å². The summed E-state index contributed by atoms with van der Waals surface area (Å²) in [6, 6.07) is 28.8. The van der Waals surface area contributed by atoms with E-state index in [0.29, 0.717) is 22.9 Å². The van der Waals surface area contributed by atoms with Gasteiger partial charge in [-0.25, -0.2) is 9.97 Å². The minimum atomic E-state index is -0.251. The summed E-state index contributed by atoms with van der Waals surface area (Å²) in [5.41, 5.74) is 16.5. The zero-order chi connectivity index (χ0) is 25.6. The van der Waals surface area contributed by atoms with Crippen LogP contribution in [-0.4, -0.2) is 47.0 Å². The Labute approximate surface area is 217 Å². The lowest BCUT2D eigenvalue weighted by molar-refractivity contribution is 0.0962. The molecule has 0 unspecified atom stereocenters. The molecule has 8 nitrogen and oxygen atoms in total. The van der Waals surface area contributed by atoms with Crippen LogP contribution < -0.4 is 21.5 Å². The van der Waals surface area contributed by atoms with Crippen LogP contribution in [0.2, 0.25) is 0 Å². The first-order valence-corrected chi connectivity index (χ1v) is 12.4. The average Bonchev–Trinajstić information content (AvgIpc) is 2.94. The predicted octanol–water partition coefficient (Wildman–Crippen LogP) is 4.04. The Hall–Kier alpha value is -4.43. The van der Waals surface area contributed by atoms with Crippen molar-refractivity contribution in [3.05, 3.63) is 114 Å². The van der Waals surface area contributed by atoms with Crippen LogP contribution in [0.25, 0.3) is 0 Å². The molecule has 0 aliphatic carbocycles. The van der Waals surface area contributed by atoms with E-state index in [2.05, 4.69) is 91.3 Å². The lowest BCUT2D eigenvalue weighted by atomic mass is 9.96. The largest absolute Gasteiger partial charge is 0.393 e. The van der Waals surface area contributed by atoms with Gasteiger partial charge in [-0.15, -0.1) is 0 Å². The fourth-order valence-corrected chi connectivity index (χ4v) is 4.83. The molecule has 0 spiro atoms. The van der Waals surface area contributed by atoms with Gasteiger partial charge in [-0.05, 0) is 29.7 Å². The van der Waals surface area contributed by atoms with Crippen LogP contribution in [0, 0.1) is 6.92 Å². The number of hydrogen-bond acceptors (Lipinski definition) is 7. The lowest BCUT2D eigenvalue weighted by Gasteiger charge is -2.40. The van der Waals surface area contributed by atoms with Gasteiger partial charge in [0, 0.05) is 31.7 Å². The van der Waals surface area contributed by atoms with E-state index in [1.807, 2.05) is 25.1 Å². The Morgan fingerprint density at radius 1 is 0.838 bits per heavy atom. The molecule has 0 atom stereocenters. The fraction of sp³-hybridized carbons (Fsp3) is 0.207. The Morgan fingerprint density at radius 3 is 2.05 bits per heavy atom. The number of carbonyl (C=O) groups excluding carboxylic acids is 1. The summed E-state index contributed by atoms with van der Waals surface area (Å²) in [7, 11) is 0. The Kier molecular flexibility index (Phi) is 7.28. The van der Waals surface area contributed by atoms with E-state index in [9.17, 15) is 4.79 Å². The smallest absolute Gasteiger partial charge is 0.269 e. The van der Waals surface area contributed by atoms with Gasteiger partial charge in [0.1, 0.15) is 12.0 Å². The number of nitrogen functional groups attached to an aromatic ring is 1. The maximum Gasteiger partial charge on any atom is 0.269 e. The summed E-state index contributed by atoms with van der Waals surface area (Å²) in [4.78, 5) is 26.0. The summed E-state index contributed by atoms with van der Waals surface area (Å²) in [5.74, 6) is 0.790. The van der Waals surface area contributed by atoms with Gasteiger partial charge in [-0.1, -0.05) is 78.9 Å². The second-order valence-electron chi connectivity index (χ2n) is 9.10. The van der Waals surface area contributed by atoms with Gasteiger partial charge in [0.15, 0.2) is 11.6 Å². The number of nitrogens with two attached hydrogens (primary N) is 1. The monoisotopic (exact) mass is 493 g/mol. The first kappa shape index (κ1) is 24.3. The molecule has 1 aromatic heterocycles. The van der Waals surface area contributed by atoms with Crippen molar-refractivity contribution in [2.45, 2.75) is 13.0 Å². The number of nitrogens with one attached hydrogen (secondary N) is 2. The van der Waals surface area contributed by atoms with Crippen molar-refractivity contribution in [2.75, 3.05) is 42.2 Å². The van der Waals surface area contributed by atoms with Crippen LogP contribution in [0.15, 0.2) is 91.3 Å². The van der Waals surface area contributed by atoms with Crippen LogP contribution in [0.1, 0.15) is 33.1 Å². The molecule has 188 valence electrons. The molecule has 4 aromatic rings. The first-order chi connectivity index (χ1) is 18.1. The van der Waals surface area contributed by atoms with E-state index in [0.717, 1.165) is 31.7 Å². The van der Waals surface area contributed by atoms with E-state index in [1.54, 1.807) is 6.07 Å². The second-order valence-corrected chi connectivity index (χ2v) is 9.10. The van der Waals surface area contributed by atoms with Crippen LogP contribution >= 0.6 is 0 Å². The van der Waals surface area contributed by atoms with Gasteiger partial charge in [0.2, 0.25) is 0 Å². The molecule has 1 saturated heterocycles. The highest BCUT2D eigenvalue weighted by molar-refractivity contribution is 5.96. The highest BCUT2D eigenvalue weighted by atomic mass is 16.2. The summed E-state index contributed by atoms with van der Waals surface area (Å²) in [6.07, 6.45) is 1.47. The topological polar surface area (TPSA) is 99.4 Å². The molecule has 5 rings (SSSR count). The van der Waals surface area contributed by atoms with Gasteiger partial charge < -0.3 is 10.6 Å². The van der Waals surface area contributed by atoms with Crippen molar-refractivity contribution < 1.29 is 4.79 Å². The zero-order valence-electron chi connectivity index (χ0n) is 20.8. The van der Waals surface area contributed by atoms with E-state index < -0.39 is 0 Å². The molecule has 0 radical (unpaired) electrons. The molecule has 3 aromatic carbocycles. The van der Waals surface area contributed by atoms with Crippen molar-refractivity contribution in [1.82, 2.24) is 20.3 Å². The van der Waals surface area contributed by atoms with E-state index in [1.165, 1.54) is 17.5 Å². The highest BCUT2D eigenvalue weighted by Gasteiger charge is 2.28. The maximum atomic E-state index is 12.6. The maximum absolute atomic E-state index is 12.6. The van der Waals surface area contributed by atoms with E-state index >= 15 is 0 Å². The standard InChI is InChI=1S/C29H31N7O/c1-21-10-8-9-15-24(21)29(37)34-33-27-25(30)28(32-20-31-27)36-18-16-35(17-19-36)26(22-11-4-2-5-12-22)23-13-6-3-7-14-23/h2-15,20,26H,16-19,30H2,1H3,(H,34,37)(H,31,32,33). The summed E-state index contributed by atoms with van der Waals surface area (Å²) >= 11 is 0. The van der Waals surface area contributed by atoms with Gasteiger partial charge in [0.25, 0.3) is 5.91 Å². The molecule has 37 heavy (non-hydrogen) atoms. The number of aryl methyl sites for hydroxylation is 1. The van der Waals surface area contributed by atoms with Crippen LogP contribution in [0.4, 0.5) is 17.3 Å². The van der Waals surface area contributed by atoms with Crippen molar-refractivity contribution in [2.24, 2.45) is 0 Å². The van der Waals surface area contributed by atoms with E-state index in [-0.39, 0.29) is 11.9 Å². The number of anilines is 3. The number of amides is 1. The van der Waals surface area contributed by atoms with Crippen LogP contribution in [-0.2, 0) is 0 Å². The number of benzene rings is 3. The van der Waals surface area contributed by atoms with Gasteiger partial charge in [-0.2, -0.15) is 0 Å². The van der Waals surface area contributed by atoms with Gasteiger partial charge in [0.05, 0.1) is 6.04 Å². The number of nitrogens with zero attached hydrogens (tertiary/aromatic N) is 4. The molecular formula is C29H31N7O. The Balaban J connectivity index is 1.28. The van der Waals surface area contributed by atoms with Crippen molar-refractivity contribution >= 4 is 23.2 Å². The number of carbonyl (C=O) groups is 1. The first-order valence-electron chi connectivity index (χ1n) is 12.4. The molecule has 2 heterocycles. The summed E-state index contributed by atoms with van der Waals surface area (Å²) in [5, 5.41) is 0. The number of rotatable bonds is 7. The summed E-state index contributed by atoms with van der Waals surface area (Å²) < 4.78 is 0. The number of hydrazine groups is 1. The third-order valence-corrected chi connectivity index (χ3v) is 6.76. The average molecular weight is 494 g/mol. The molecule has 0 bridgehead atoms. The molecule has 1 aliphatic rings. The molecule has 8 heteroatoms. The van der Waals surface area contributed by atoms with Crippen LogP contribution in [0.3, 0.4) is 0 Å². The SMILES string of the molecule is Cc1ccccc1C(=O)NNc1ncnc(N2CCN(C(c3ccccc3)c3ccccc3)CC2)c1N. The quantitative estimate of drug-likeness (QED) is 0.334. The Bertz CT molecular complexity index is 1300. The highest BCUT2D eigenvalue weighted by Crippen LogP contribution is 2.32. The van der Waals surface area contributed by atoms with Crippen LogP contribution in [0.5, 0.6) is 0 Å². The molecule has 4 N–H and O–H groups in total. The van der Waals surface area contributed by atoms with Gasteiger partial charge in [-0.3, -0.25) is 20.5 Å². The normalized spacial score (nSPS) is 13.9. The third kappa shape index (κ3) is 5.39. The number of aromatic nitrogens is 2. The second kappa shape index (κ2) is 11.1. The molecule has 1 amide bonds. The minimum absolute atomic E-state index is 0.182. The van der Waals surface area contributed by atoms with Crippen molar-refractivity contribution in [3.8, 4) is 0 Å². The van der Waals surface area contributed by atoms with Crippen molar-refractivity contribution in [1.29, 1.82) is 0 Å². The molecular weight excluding hydrogens is 462 g/mol. The third-order valence-electron chi connectivity index (χ3n) is 6.76. The number of piperazine rings is 1. The number of hydrogen-bond donors (Lipinski definition) is 3. The summed E-state index contributed by atoms with van der Waals surface area (Å²) in [6.45, 7) is 5.14. The minimum Gasteiger partial charge on any atom is -0.393 e. The van der Waals surface area contributed by atoms with E-state index in [4.69, 9.17) is 5.73 Å². The molecule has 1 fully saturated rings. The molecule has 1 aliphatic heterocycles. The predicted molar refractivity (Wildman–Crippen MR) is 147 cm³/mol. The van der Waals surface area contributed by atoms with Crippen molar-refractivity contribution in [3.63, 3.8) is 0 Å². The lowest BCUT2D eigenvalue weighted by Crippen LogP contribution is -2.48. The Morgan fingerprint density at radius 2 is 1.43 bits per heavy atom.